The first-order chi connectivity index (χ1) is 7.77. The number of carbonyl (C=O) groups is 1. The van der Waals surface area contributed by atoms with Gasteiger partial charge in [0.2, 0.25) is 0 Å². The van der Waals surface area contributed by atoms with Crippen LogP contribution in [0.15, 0.2) is 11.6 Å². The van der Waals surface area contributed by atoms with E-state index in [4.69, 9.17) is 4.74 Å². The van der Waals surface area contributed by atoms with Crippen LogP contribution in [0.1, 0.15) is 46.0 Å². The van der Waals surface area contributed by atoms with Gasteiger partial charge < -0.3 is 4.74 Å². The number of hydrogen-bond donors (Lipinski definition) is 0. The molecule has 0 amide bonds. The van der Waals surface area contributed by atoms with Gasteiger partial charge >= 0.3 is 0 Å². The summed E-state index contributed by atoms with van der Waals surface area (Å²) in [5.74, 6) is 0.958. The molecule has 2 aliphatic rings. The molecule has 1 fully saturated rings. The lowest BCUT2D eigenvalue weighted by Gasteiger charge is -2.27. The van der Waals surface area contributed by atoms with E-state index in [0.29, 0.717) is 17.9 Å². The molecule has 0 aromatic carbocycles. The highest BCUT2D eigenvalue weighted by molar-refractivity contribution is 5.74. The first-order valence-corrected chi connectivity index (χ1v) is 6.58. The number of rotatable bonds is 4. The second kappa shape index (κ2) is 5.13. The Kier molecular flexibility index (Phi) is 3.80. The SMILES string of the molecule is CCCC[C@@H]1O[C@H](C)[C@@H]2C(C=O)=CCC[C@@H]21. The maximum absolute atomic E-state index is 11.0. The quantitative estimate of drug-likeness (QED) is 0.683. The molecular weight excluding hydrogens is 200 g/mol. The first kappa shape index (κ1) is 11.8. The van der Waals surface area contributed by atoms with E-state index in [-0.39, 0.29) is 6.10 Å². The van der Waals surface area contributed by atoms with E-state index in [1.807, 2.05) is 0 Å². The molecule has 16 heavy (non-hydrogen) atoms. The summed E-state index contributed by atoms with van der Waals surface area (Å²) in [7, 11) is 0. The van der Waals surface area contributed by atoms with Gasteiger partial charge in [-0.3, -0.25) is 4.79 Å². The number of allylic oxidation sites excluding steroid dienone is 1. The summed E-state index contributed by atoms with van der Waals surface area (Å²) >= 11 is 0. The molecule has 0 saturated carbocycles. The van der Waals surface area contributed by atoms with Gasteiger partial charge in [0.1, 0.15) is 6.29 Å². The zero-order valence-corrected chi connectivity index (χ0v) is 10.3. The molecule has 2 heteroatoms. The Morgan fingerprint density at radius 1 is 1.56 bits per heavy atom. The molecule has 2 rings (SSSR count). The van der Waals surface area contributed by atoms with Gasteiger partial charge in [0, 0.05) is 5.92 Å². The second-order valence-corrected chi connectivity index (χ2v) is 5.11. The van der Waals surface area contributed by atoms with E-state index in [9.17, 15) is 4.79 Å². The Hall–Kier alpha value is -0.630. The summed E-state index contributed by atoms with van der Waals surface area (Å²) in [4.78, 5) is 11.0. The Labute approximate surface area is 98.1 Å². The average molecular weight is 222 g/mol. The topological polar surface area (TPSA) is 26.3 Å². The maximum atomic E-state index is 11.0. The molecular formula is C14H22O2. The van der Waals surface area contributed by atoms with Crippen molar-refractivity contribution < 1.29 is 9.53 Å². The summed E-state index contributed by atoms with van der Waals surface area (Å²) in [6.07, 6.45) is 9.63. The highest BCUT2D eigenvalue weighted by Crippen LogP contribution is 2.44. The van der Waals surface area contributed by atoms with Crippen molar-refractivity contribution >= 4 is 6.29 Å². The monoisotopic (exact) mass is 222 g/mol. The Morgan fingerprint density at radius 3 is 3.06 bits per heavy atom. The lowest BCUT2D eigenvalue weighted by Crippen LogP contribution is -2.26. The van der Waals surface area contributed by atoms with Gasteiger partial charge in [-0.2, -0.15) is 0 Å². The van der Waals surface area contributed by atoms with Crippen LogP contribution in [-0.4, -0.2) is 18.5 Å². The normalized spacial score (nSPS) is 38.0. The second-order valence-electron chi connectivity index (χ2n) is 5.11. The van der Waals surface area contributed by atoms with E-state index >= 15 is 0 Å². The summed E-state index contributed by atoms with van der Waals surface area (Å²) < 4.78 is 6.04. The predicted molar refractivity (Wildman–Crippen MR) is 64.2 cm³/mol. The molecule has 1 aliphatic carbocycles. The zero-order chi connectivity index (χ0) is 11.5. The number of fused-ring (bicyclic) bond motifs is 1. The third-order valence-corrected chi connectivity index (χ3v) is 4.08. The molecule has 4 atom stereocenters. The molecule has 1 saturated heterocycles. The van der Waals surface area contributed by atoms with Crippen molar-refractivity contribution in [1.82, 2.24) is 0 Å². The van der Waals surface area contributed by atoms with Gasteiger partial charge in [0.05, 0.1) is 12.2 Å². The van der Waals surface area contributed by atoms with Crippen LogP contribution in [0, 0.1) is 11.8 Å². The maximum Gasteiger partial charge on any atom is 0.146 e. The summed E-state index contributed by atoms with van der Waals surface area (Å²) in [5.41, 5.74) is 0.989. The molecule has 0 aromatic heterocycles. The Morgan fingerprint density at radius 2 is 2.38 bits per heavy atom. The van der Waals surface area contributed by atoms with Gasteiger partial charge in [-0.05, 0) is 37.7 Å². The largest absolute Gasteiger partial charge is 0.374 e. The fraction of sp³-hybridized carbons (Fsp3) is 0.786. The van der Waals surface area contributed by atoms with Gasteiger partial charge in [-0.1, -0.05) is 25.8 Å². The third kappa shape index (κ3) is 2.08. The van der Waals surface area contributed by atoms with Gasteiger partial charge in [0.25, 0.3) is 0 Å². The molecule has 0 unspecified atom stereocenters. The molecule has 0 N–H and O–H groups in total. The van der Waals surface area contributed by atoms with E-state index in [0.717, 1.165) is 24.7 Å². The summed E-state index contributed by atoms with van der Waals surface area (Å²) in [6.45, 7) is 4.33. The summed E-state index contributed by atoms with van der Waals surface area (Å²) in [6, 6.07) is 0. The Balaban J connectivity index is 2.08. The van der Waals surface area contributed by atoms with Crippen LogP contribution in [0.25, 0.3) is 0 Å². The fourth-order valence-corrected chi connectivity index (χ4v) is 3.32. The molecule has 0 spiro atoms. The third-order valence-electron chi connectivity index (χ3n) is 4.08. The molecule has 0 bridgehead atoms. The number of ether oxygens (including phenoxy) is 1. The standard InChI is InChI=1S/C14H22O2/c1-3-4-8-13-12-7-5-6-11(9-15)14(12)10(2)16-13/h6,9-10,12-14H,3-5,7-8H2,1-2H3/t10-,12-,13+,14-/m1/s1. The van der Waals surface area contributed by atoms with Gasteiger partial charge in [0.15, 0.2) is 0 Å². The zero-order valence-electron chi connectivity index (χ0n) is 10.3. The van der Waals surface area contributed by atoms with Crippen molar-refractivity contribution in [2.45, 2.75) is 58.2 Å². The van der Waals surface area contributed by atoms with Crippen molar-refractivity contribution in [3.63, 3.8) is 0 Å². The number of unbranched alkanes of at least 4 members (excludes halogenated alkanes) is 1. The van der Waals surface area contributed by atoms with Crippen LogP contribution in [0.3, 0.4) is 0 Å². The van der Waals surface area contributed by atoms with E-state index in [1.54, 1.807) is 0 Å². The number of hydrogen-bond acceptors (Lipinski definition) is 2. The Bertz CT molecular complexity index is 282. The molecule has 2 nitrogen and oxygen atoms in total. The van der Waals surface area contributed by atoms with Gasteiger partial charge in [-0.15, -0.1) is 0 Å². The van der Waals surface area contributed by atoms with E-state index < -0.39 is 0 Å². The molecule has 1 aliphatic heterocycles. The minimum Gasteiger partial charge on any atom is -0.374 e. The van der Waals surface area contributed by atoms with Crippen molar-refractivity contribution in [3.05, 3.63) is 11.6 Å². The van der Waals surface area contributed by atoms with Crippen molar-refractivity contribution in [3.8, 4) is 0 Å². The fourth-order valence-electron chi connectivity index (χ4n) is 3.32. The summed E-state index contributed by atoms with van der Waals surface area (Å²) in [5, 5.41) is 0. The highest BCUT2D eigenvalue weighted by Gasteiger charge is 2.44. The number of aldehydes is 1. The predicted octanol–water partition coefficient (Wildman–Crippen LogP) is 3.12. The van der Waals surface area contributed by atoms with Crippen LogP contribution in [0.5, 0.6) is 0 Å². The highest BCUT2D eigenvalue weighted by atomic mass is 16.5. The minimum atomic E-state index is 0.226. The molecule has 1 heterocycles. The lowest BCUT2D eigenvalue weighted by atomic mass is 9.75. The van der Waals surface area contributed by atoms with Crippen LogP contribution < -0.4 is 0 Å². The smallest absolute Gasteiger partial charge is 0.146 e. The van der Waals surface area contributed by atoms with Crippen molar-refractivity contribution in [2.75, 3.05) is 0 Å². The van der Waals surface area contributed by atoms with Gasteiger partial charge in [-0.25, -0.2) is 0 Å². The van der Waals surface area contributed by atoms with Crippen LogP contribution in [0.4, 0.5) is 0 Å². The molecule has 0 aromatic rings. The number of carbonyl (C=O) groups excluding carboxylic acids is 1. The van der Waals surface area contributed by atoms with E-state index in [1.165, 1.54) is 19.3 Å². The molecule has 0 radical (unpaired) electrons. The van der Waals surface area contributed by atoms with Crippen LogP contribution >= 0.6 is 0 Å². The van der Waals surface area contributed by atoms with Crippen LogP contribution in [0.2, 0.25) is 0 Å². The van der Waals surface area contributed by atoms with Crippen molar-refractivity contribution in [2.24, 2.45) is 11.8 Å². The molecule has 90 valence electrons. The average Bonchev–Trinajstić information content (AvgIpc) is 2.64. The van der Waals surface area contributed by atoms with Crippen molar-refractivity contribution in [1.29, 1.82) is 0 Å². The first-order valence-electron chi connectivity index (χ1n) is 6.58. The van der Waals surface area contributed by atoms with E-state index in [2.05, 4.69) is 19.9 Å². The van der Waals surface area contributed by atoms with Crippen LogP contribution in [-0.2, 0) is 9.53 Å². The minimum absolute atomic E-state index is 0.226. The lowest BCUT2D eigenvalue weighted by molar-refractivity contribution is -0.105.